The molecule has 2 aromatic rings. The van der Waals surface area contributed by atoms with Crippen molar-refractivity contribution in [3.05, 3.63) is 47.5 Å². The van der Waals surface area contributed by atoms with Gasteiger partial charge in [0, 0.05) is 25.7 Å². The first-order valence-electron chi connectivity index (χ1n) is 10.3. The maximum atomic E-state index is 12.4. The Hall–Kier alpha value is -2.07. The van der Waals surface area contributed by atoms with E-state index < -0.39 is 5.60 Å². The Bertz CT molecular complexity index is 840. The molecular formula is C24H34N2O2. The first-order valence-corrected chi connectivity index (χ1v) is 10.3. The highest BCUT2D eigenvalue weighted by Crippen LogP contribution is 2.28. The molecule has 28 heavy (non-hydrogen) atoms. The van der Waals surface area contributed by atoms with E-state index in [2.05, 4.69) is 62.5 Å². The summed E-state index contributed by atoms with van der Waals surface area (Å²) < 4.78 is 5.54. The fourth-order valence-electron chi connectivity index (χ4n) is 4.15. The van der Waals surface area contributed by atoms with Crippen LogP contribution in [0.5, 0.6) is 0 Å². The Morgan fingerprint density at radius 1 is 1.25 bits per heavy atom. The van der Waals surface area contributed by atoms with Crippen LogP contribution in [0.4, 0.5) is 4.79 Å². The zero-order valence-electron chi connectivity index (χ0n) is 18.1. The standard InChI is InChI=1S/C24H34N2O2/c1-16-8-7-9-20-12-19(10-11-21(16)20)13-25-18(3)22-15-26(14-17(22)2)23(27)28-24(4,5)6/h7-12,17-18,22,25H,13-15H2,1-6H3. The highest BCUT2D eigenvalue weighted by molar-refractivity contribution is 5.86. The van der Waals surface area contributed by atoms with E-state index in [1.54, 1.807) is 0 Å². The number of carbonyl (C=O) groups is 1. The van der Waals surface area contributed by atoms with E-state index in [4.69, 9.17) is 4.74 Å². The van der Waals surface area contributed by atoms with Gasteiger partial charge >= 0.3 is 6.09 Å². The molecule has 152 valence electrons. The number of likely N-dealkylation sites (tertiary alicyclic amines) is 1. The van der Waals surface area contributed by atoms with Crippen molar-refractivity contribution in [1.29, 1.82) is 0 Å². The minimum absolute atomic E-state index is 0.195. The van der Waals surface area contributed by atoms with Crippen LogP contribution in [0.3, 0.4) is 0 Å². The summed E-state index contributed by atoms with van der Waals surface area (Å²) in [5.74, 6) is 0.879. The number of nitrogens with one attached hydrogen (secondary N) is 1. The average Bonchev–Trinajstić information content (AvgIpc) is 3.00. The normalized spacial score (nSPS) is 21.1. The van der Waals surface area contributed by atoms with Gasteiger partial charge in [-0.3, -0.25) is 0 Å². The fourth-order valence-corrected chi connectivity index (χ4v) is 4.15. The molecule has 3 rings (SSSR count). The number of nitrogens with zero attached hydrogens (tertiary/aromatic N) is 1. The van der Waals surface area contributed by atoms with Crippen molar-refractivity contribution in [3.63, 3.8) is 0 Å². The third kappa shape index (κ3) is 4.85. The molecule has 1 aliphatic rings. The zero-order valence-corrected chi connectivity index (χ0v) is 18.1. The van der Waals surface area contributed by atoms with Gasteiger partial charge in [-0.25, -0.2) is 4.79 Å². The Labute approximate surface area is 169 Å². The molecule has 0 aromatic heterocycles. The maximum Gasteiger partial charge on any atom is 0.410 e. The van der Waals surface area contributed by atoms with Gasteiger partial charge in [0.2, 0.25) is 0 Å². The van der Waals surface area contributed by atoms with Crippen LogP contribution < -0.4 is 5.32 Å². The summed E-state index contributed by atoms with van der Waals surface area (Å²) in [5, 5.41) is 6.29. The van der Waals surface area contributed by atoms with E-state index in [9.17, 15) is 4.79 Å². The largest absolute Gasteiger partial charge is 0.444 e. The van der Waals surface area contributed by atoms with E-state index in [-0.39, 0.29) is 6.09 Å². The van der Waals surface area contributed by atoms with Gasteiger partial charge < -0.3 is 15.0 Å². The summed E-state index contributed by atoms with van der Waals surface area (Å²) in [7, 11) is 0. The summed E-state index contributed by atoms with van der Waals surface area (Å²) in [6, 6.07) is 13.5. The zero-order chi connectivity index (χ0) is 20.5. The van der Waals surface area contributed by atoms with E-state index >= 15 is 0 Å². The van der Waals surface area contributed by atoms with Crippen LogP contribution in [-0.2, 0) is 11.3 Å². The minimum Gasteiger partial charge on any atom is -0.444 e. The van der Waals surface area contributed by atoms with Crippen molar-refractivity contribution in [3.8, 4) is 0 Å². The second-order valence-electron chi connectivity index (χ2n) is 9.33. The molecule has 0 spiro atoms. The molecular weight excluding hydrogens is 348 g/mol. The number of amides is 1. The molecule has 3 unspecified atom stereocenters. The van der Waals surface area contributed by atoms with Gasteiger partial charge in [0.15, 0.2) is 0 Å². The van der Waals surface area contributed by atoms with Crippen LogP contribution in [0.25, 0.3) is 10.8 Å². The maximum absolute atomic E-state index is 12.4. The second kappa shape index (κ2) is 8.12. The summed E-state index contributed by atoms with van der Waals surface area (Å²) in [4.78, 5) is 14.2. The topological polar surface area (TPSA) is 41.6 Å². The molecule has 1 heterocycles. The van der Waals surface area contributed by atoms with Gasteiger partial charge in [-0.2, -0.15) is 0 Å². The van der Waals surface area contributed by atoms with E-state index in [1.165, 1.54) is 21.9 Å². The molecule has 0 radical (unpaired) electrons. The number of hydrogen-bond donors (Lipinski definition) is 1. The molecule has 4 nitrogen and oxygen atoms in total. The van der Waals surface area contributed by atoms with Crippen LogP contribution in [0.1, 0.15) is 45.7 Å². The van der Waals surface area contributed by atoms with Crippen molar-refractivity contribution in [2.45, 2.75) is 59.7 Å². The molecule has 2 aromatic carbocycles. The molecule has 1 N–H and O–H groups in total. The molecule has 1 aliphatic heterocycles. The lowest BCUT2D eigenvalue weighted by atomic mass is 9.91. The number of benzene rings is 2. The Morgan fingerprint density at radius 3 is 2.71 bits per heavy atom. The molecule has 1 amide bonds. The Morgan fingerprint density at radius 2 is 2.00 bits per heavy atom. The van der Waals surface area contributed by atoms with E-state index in [0.29, 0.717) is 17.9 Å². The molecule has 4 heteroatoms. The van der Waals surface area contributed by atoms with Crippen molar-refractivity contribution in [1.82, 2.24) is 10.2 Å². The van der Waals surface area contributed by atoms with Crippen LogP contribution in [0.2, 0.25) is 0 Å². The van der Waals surface area contributed by atoms with Crippen molar-refractivity contribution in [2.24, 2.45) is 11.8 Å². The third-order valence-corrected chi connectivity index (χ3v) is 5.76. The summed E-state index contributed by atoms with van der Waals surface area (Å²) in [6.07, 6.45) is -0.195. The van der Waals surface area contributed by atoms with Gasteiger partial charge in [-0.1, -0.05) is 37.3 Å². The summed E-state index contributed by atoms with van der Waals surface area (Å²) >= 11 is 0. The predicted octanol–water partition coefficient (Wildman–Crippen LogP) is 5.13. The third-order valence-electron chi connectivity index (χ3n) is 5.76. The number of fused-ring (bicyclic) bond motifs is 1. The summed E-state index contributed by atoms with van der Waals surface area (Å²) in [5.41, 5.74) is 2.16. The van der Waals surface area contributed by atoms with Crippen molar-refractivity contribution in [2.75, 3.05) is 13.1 Å². The van der Waals surface area contributed by atoms with Gasteiger partial charge in [-0.05, 0) is 74.4 Å². The van der Waals surface area contributed by atoms with Crippen LogP contribution in [0, 0.1) is 18.8 Å². The van der Waals surface area contributed by atoms with Crippen LogP contribution in [0.15, 0.2) is 36.4 Å². The first kappa shape index (κ1) is 20.7. The lowest BCUT2D eigenvalue weighted by Crippen LogP contribution is -2.38. The molecule has 0 saturated carbocycles. The van der Waals surface area contributed by atoms with E-state index in [0.717, 1.165) is 19.6 Å². The Kier molecular flexibility index (Phi) is 5.99. The number of aryl methyl sites for hydroxylation is 1. The van der Waals surface area contributed by atoms with Gasteiger partial charge in [0.25, 0.3) is 0 Å². The molecule has 0 bridgehead atoms. The number of carbonyl (C=O) groups excluding carboxylic acids is 1. The van der Waals surface area contributed by atoms with Crippen LogP contribution >= 0.6 is 0 Å². The predicted molar refractivity (Wildman–Crippen MR) is 115 cm³/mol. The molecule has 0 aliphatic carbocycles. The molecule has 1 fully saturated rings. The lowest BCUT2D eigenvalue weighted by molar-refractivity contribution is 0.0283. The van der Waals surface area contributed by atoms with Gasteiger partial charge in [0.1, 0.15) is 5.60 Å². The van der Waals surface area contributed by atoms with Gasteiger partial charge in [-0.15, -0.1) is 0 Å². The van der Waals surface area contributed by atoms with Gasteiger partial charge in [0.05, 0.1) is 0 Å². The van der Waals surface area contributed by atoms with Crippen molar-refractivity contribution >= 4 is 16.9 Å². The first-order chi connectivity index (χ1) is 13.1. The quantitative estimate of drug-likeness (QED) is 0.797. The molecule has 3 atom stereocenters. The SMILES string of the molecule is Cc1cccc2cc(CNC(C)C3CN(C(=O)OC(C)(C)C)CC3C)ccc12. The van der Waals surface area contributed by atoms with E-state index in [1.807, 2.05) is 25.7 Å². The summed E-state index contributed by atoms with van der Waals surface area (Å²) in [6.45, 7) is 14.7. The average molecular weight is 383 g/mol. The highest BCUT2D eigenvalue weighted by atomic mass is 16.6. The minimum atomic E-state index is -0.448. The molecule has 1 saturated heterocycles. The highest BCUT2D eigenvalue weighted by Gasteiger charge is 2.37. The Balaban J connectivity index is 1.59. The second-order valence-corrected chi connectivity index (χ2v) is 9.33. The van der Waals surface area contributed by atoms with Crippen LogP contribution in [-0.4, -0.2) is 35.7 Å². The fraction of sp³-hybridized carbons (Fsp3) is 0.542. The lowest BCUT2D eigenvalue weighted by Gasteiger charge is -2.25. The number of rotatable bonds is 4. The van der Waals surface area contributed by atoms with Crippen molar-refractivity contribution < 1.29 is 9.53 Å². The number of ether oxygens (including phenoxy) is 1. The smallest absolute Gasteiger partial charge is 0.410 e. The number of hydrogen-bond acceptors (Lipinski definition) is 3. The monoisotopic (exact) mass is 382 g/mol.